The number of alkyl halides is 3. The average molecular weight is 403 g/mol. The van der Waals surface area contributed by atoms with E-state index in [9.17, 15) is 22.8 Å². The molecule has 1 N–H and O–H groups in total. The minimum absolute atomic E-state index is 0.209. The van der Waals surface area contributed by atoms with Crippen LogP contribution in [0.3, 0.4) is 0 Å². The first-order chi connectivity index (χ1) is 13.8. The Morgan fingerprint density at radius 1 is 1.14 bits per heavy atom. The molecule has 8 heteroatoms. The molecule has 0 saturated carbocycles. The van der Waals surface area contributed by atoms with Crippen molar-refractivity contribution >= 4 is 39.3 Å². The molecule has 2 heterocycles. The second-order valence-corrected chi connectivity index (χ2v) is 7.27. The number of benzene rings is 2. The molecule has 1 unspecified atom stereocenters. The summed E-state index contributed by atoms with van der Waals surface area (Å²) in [4.78, 5) is 25.1. The molecule has 1 fully saturated rings. The van der Waals surface area contributed by atoms with Crippen molar-refractivity contribution in [2.75, 3.05) is 18.4 Å². The number of anilines is 1. The van der Waals surface area contributed by atoms with Crippen molar-refractivity contribution in [2.45, 2.75) is 26.1 Å². The number of nitrogens with one attached hydrogen (secondary N) is 1. The Bertz CT molecular complexity index is 1100. The summed E-state index contributed by atoms with van der Waals surface area (Å²) in [6.07, 6.45) is -4.68. The van der Waals surface area contributed by atoms with Gasteiger partial charge in [0, 0.05) is 47.0 Å². The normalized spacial score (nSPS) is 17.4. The van der Waals surface area contributed by atoms with E-state index in [4.69, 9.17) is 0 Å². The highest BCUT2D eigenvalue weighted by atomic mass is 19.4. The maximum absolute atomic E-state index is 12.6. The average Bonchev–Trinajstić information content (AvgIpc) is 3.18. The van der Waals surface area contributed by atoms with Crippen LogP contribution in [-0.2, 0) is 16.1 Å². The summed E-state index contributed by atoms with van der Waals surface area (Å²) < 4.78 is 39.9. The Morgan fingerprint density at radius 3 is 2.59 bits per heavy atom. The van der Waals surface area contributed by atoms with Crippen molar-refractivity contribution in [2.24, 2.45) is 5.92 Å². The van der Waals surface area contributed by atoms with Crippen molar-refractivity contribution in [1.29, 1.82) is 0 Å². The molecule has 2 amide bonds. The Kier molecular flexibility index (Phi) is 4.72. The number of aryl methyl sites for hydroxylation is 1. The van der Waals surface area contributed by atoms with Crippen LogP contribution in [0.15, 0.2) is 42.5 Å². The van der Waals surface area contributed by atoms with Gasteiger partial charge in [-0.3, -0.25) is 9.59 Å². The Labute approximate surface area is 165 Å². The lowest BCUT2D eigenvalue weighted by Crippen LogP contribution is -2.36. The third kappa shape index (κ3) is 3.66. The van der Waals surface area contributed by atoms with Crippen molar-refractivity contribution in [3.05, 3.63) is 42.5 Å². The van der Waals surface area contributed by atoms with Crippen LogP contribution in [0.2, 0.25) is 0 Å². The number of amides is 2. The quantitative estimate of drug-likeness (QED) is 0.711. The minimum atomic E-state index is -4.47. The fraction of sp³-hybridized carbons (Fsp3) is 0.333. The summed E-state index contributed by atoms with van der Waals surface area (Å²) in [5.41, 5.74) is 2.69. The standard InChI is InChI=1S/C21H20F3N3O2/c1-2-27-17-6-4-3-5-15(17)16-10-14(7-8-18(16)27)25-20(29)13-9-19(28)26(11-13)12-21(22,23)24/h3-8,10,13H,2,9,11-12H2,1H3,(H,25,29). The summed E-state index contributed by atoms with van der Waals surface area (Å²) in [5, 5.41) is 4.81. The molecule has 0 spiro atoms. The summed E-state index contributed by atoms with van der Waals surface area (Å²) in [6.45, 7) is 1.32. The van der Waals surface area contributed by atoms with Crippen LogP contribution in [0.5, 0.6) is 0 Å². The number of para-hydroxylation sites is 1. The van der Waals surface area contributed by atoms with Crippen LogP contribution in [0.4, 0.5) is 18.9 Å². The first-order valence-electron chi connectivity index (χ1n) is 9.43. The van der Waals surface area contributed by atoms with E-state index in [1.54, 1.807) is 6.07 Å². The van der Waals surface area contributed by atoms with Gasteiger partial charge in [0.2, 0.25) is 11.8 Å². The molecule has 4 rings (SSSR count). The minimum Gasteiger partial charge on any atom is -0.341 e. The van der Waals surface area contributed by atoms with Crippen LogP contribution in [-0.4, -0.2) is 40.5 Å². The number of halogens is 3. The molecular weight excluding hydrogens is 383 g/mol. The van der Waals surface area contributed by atoms with Crippen molar-refractivity contribution < 1.29 is 22.8 Å². The highest BCUT2D eigenvalue weighted by molar-refractivity contribution is 6.10. The van der Waals surface area contributed by atoms with Gasteiger partial charge in [-0.1, -0.05) is 18.2 Å². The molecule has 1 atom stereocenters. The van der Waals surface area contributed by atoms with Crippen molar-refractivity contribution in [3.63, 3.8) is 0 Å². The van der Waals surface area contributed by atoms with E-state index in [2.05, 4.69) is 16.8 Å². The highest BCUT2D eigenvalue weighted by Crippen LogP contribution is 2.31. The van der Waals surface area contributed by atoms with E-state index in [0.29, 0.717) is 10.6 Å². The van der Waals surface area contributed by atoms with E-state index in [-0.39, 0.29) is 13.0 Å². The molecule has 1 aliphatic rings. The first-order valence-corrected chi connectivity index (χ1v) is 9.43. The predicted octanol–water partition coefficient (Wildman–Crippen LogP) is 4.16. The number of hydrogen-bond donors (Lipinski definition) is 1. The zero-order valence-corrected chi connectivity index (χ0v) is 15.8. The van der Waals surface area contributed by atoms with E-state index < -0.39 is 30.5 Å². The van der Waals surface area contributed by atoms with Gasteiger partial charge in [-0.25, -0.2) is 0 Å². The van der Waals surface area contributed by atoms with Gasteiger partial charge in [-0.05, 0) is 31.2 Å². The molecule has 0 aliphatic carbocycles. The second-order valence-electron chi connectivity index (χ2n) is 7.27. The molecule has 5 nitrogen and oxygen atoms in total. The number of nitrogens with zero attached hydrogens (tertiary/aromatic N) is 2. The molecular formula is C21H20F3N3O2. The van der Waals surface area contributed by atoms with E-state index in [0.717, 1.165) is 28.4 Å². The number of fused-ring (bicyclic) bond motifs is 3. The molecule has 0 radical (unpaired) electrons. The van der Waals surface area contributed by atoms with Crippen molar-refractivity contribution in [3.8, 4) is 0 Å². The lowest BCUT2D eigenvalue weighted by Gasteiger charge is -2.18. The van der Waals surface area contributed by atoms with Gasteiger partial charge in [-0.2, -0.15) is 13.2 Å². The van der Waals surface area contributed by atoms with Crippen LogP contribution in [0.1, 0.15) is 13.3 Å². The zero-order chi connectivity index (χ0) is 20.8. The van der Waals surface area contributed by atoms with Gasteiger partial charge in [0.25, 0.3) is 0 Å². The molecule has 1 aromatic heterocycles. The summed E-state index contributed by atoms with van der Waals surface area (Å²) >= 11 is 0. The fourth-order valence-corrected chi connectivity index (χ4v) is 4.03. The molecule has 152 valence electrons. The zero-order valence-electron chi connectivity index (χ0n) is 15.8. The maximum Gasteiger partial charge on any atom is 0.406 e. The van der Waals surface area contributed by atoms with Gasteiger partial charge in [0.05, 0.1) is 5.92 Å². The summed E-state index contributed by atoms with van der Waals surface area (Å²) in [5.74, 6) is -1.89. The third-order valence-corrected chi connectivity index (χ3v) is 5.31. The molecule has 29 heavy (non-hydrogen) atoms. The van der Waals surface area contributed by atoms with Crippen molar-refractivity contribution in [1.82, 2.24) is 9.47 Å². The third-order valence-electron chi connectivity index (χ3n) is 5.31. The van der Waals surface area contributed by atoms with Crippen LogP contribution < -0.4 is 5.32 Å². The maximum atomic E-state index is 12.6. The fourth-order valence-electron chi connectivity index (χ4n) is 4.03. The van der Waals surface area contributed by atoms with Gasteiger partial charge < -0.3 is 14.8 Å². The Morgan fingerprint density at radius 2 is 1.86 bits per heavy atom. The van der Waals surface area contributed by atoms with E-state index >= 15 is 0 Å². The topological polar surface area (TPSA) is 54.3 Å². The smallest absolute Gasteiger partial charge is 0.341 e. The van der Waals surface area contributed by atoms with Gasteiger partial charge in [0.1, 0.15) is 6.54 Å². The number of carbonyl (C=O) groups is 2. The number of rotatable bonds is 4. The van der Waals surface area contributed by atoms with Gasteiger partial charge >= 0.3 is 6.18 Å². The number of carbonyl (C=O) groups excluding carboxylic acids is 2. The molecule has 1 aliphatic heterocycles. The summed E-state index contributed by atoms with van der Waals surface area (Å²) in [7, 11) is 0. The largest absolute Gasteiger partial charge is 0.406 e. The van der Waals surface area contributed by atoms with Gasteiger partial charge in [0.15, 0.2) is 0 Å². The van der Waals surface area contributed by atoms with Crippen LogP contribution in [0.25, 0.3) is 21.8 Å². The van der Waals surface area contributed by atoms with E-state index in [1.165, 1.54) is 0 Å². The monoisotopic (exact) mass is 403 g/mol. The van der Waals surface area contributed by atoms with Crippen LogP contribution >= 0.6 is 0 Å². The predicted molar refractivity (Wildman–Crippen MR) is 104 cm³/mol. The number of hydrogen-bond acceptors (Lipinski definition) is 2. The Hall–Kier alpha value is -3.03. The highest BCUT2D eigenvalue weighted by Gasteiger charge is 2.40. The number of aromatic nitrogens is 1. The lowest BCUT2D eigenvalue weighted by molar-refractivity contribution is -0.157. The molecule has 2 aromatic carbocycles. The number of likely N-dealkylation sites (tertiary alicyclic amines) is 1. The molecule has 1 saturated heterocycles. The lowest BCUT2D eigenvalue weighted by atomic mass is 10.1. The molecule has 0 bridgehead atoms. The Balaban J connectivity index is 1.56. The SMILES string of the molecule is CCn1c2ccccc2c2cc(NC(=O)C3CC(=O)N(CC(F)(F)F)C3)ccc21. The molecule has 3 aromatic rings. The first kappa shape index (κ1) is 19.3. The van der Waals surface area contributed by atoms with E-state index in [1.807, 2.05) is 36.4 Å². The summed E-state index contributed by atoms with van der Waals surface area (Å²) in [6, 6.07) is 13.5. The van der Waals surface area contributed by atoms with Crippen LogP contribution in [0, 0.1) is 5.92 Å². The second kappa shape index (κ2) is 7.09. The van der Waals surface area contributed by atoms with Gasteiger partial charge in [-0.15, -0.1) is 0 Å².